The Bertz CT molecular complexity index is 1330. The molecule has 0 spiro atoms. The number of carbonyl (C=O) groups is 5. The first kappa shape index (κ1) is 33.9. The molecule has 5 fully saturated rings. The Kier molecular flexibility index (Phi) is 10.0. The predicted molar refractivity (Wildman–Crippen MR) is 180 cm³/mol. The maximum Gasteiger partial charge on any atom is 0.315 e. The summed E-state index contributed by atoms with van der Waals surface area (Å²) in [5.41, 5.74) is 6.20. The van der Waals surface area contributed by atoms with Gasteiger partial charge in [-0.15, -0.1) is 0 Å². The minimum atomic E-state index is -1.06. The number of nitrogens with one attached hydrogen (secondary N) is 3. The summed E-state index contributed by atoms with van der Waals surface area (Å²) in [5.74, 6) is -2.10. The lowest BCUT2D eigenvalue weighted by Gasteiger charge is -2.48. The molecule has 4 aliphatic carbocycles. The van der Waals surface area contributed by atoms with Crippen LogP contribution in [0.5, 0.6) is 0 Å². The lowest BCUT2D eigenvalue weighted by Crippen LogP contribution is -2.62. The normalized spacial score (nSPS) is 27.9. The molecule has 5 amide bonds. The average Bonchev–Trinajstić information content (AvgIpc) is 3.59. The molecule has 4 saturated carbocycles. The smallest absolute Gasteiger partial charge is 0.315 e. The van der Waals surface area contributed by atoms with Gasteiger partial charge in [-0.3, -0.25) is 19.2 Å². The standard InChI is InChI=1S/C36H53N5O5S/c1-35(2)19-25-26(35)20-41(29(25)32(44)38-27(17-22-11-12-22)30(42)31(37)43)33(45)28(24-9-5-3-6-10-24)39-34(46)40-36(14-7-4-8-15-36)18-23-13-16-47-21-23/h13,16,21-22,24-29H,3-12,14-15,17-20H2,1-2H3,(H2,37,43)(H,38,44)(H2,39,40,46)/t25-,26-,27?,28-,29-/m0/s1. The third-order valence-electron chi connectivity index (χ3n) is 12.1. The van der Waals surface area contributed by atoms with E-state index in [1.54, 1.807) is 16.2 Å². The fourth-order valence-corrected chi connectivity index (χ4v) is 9.97. The molecule has 47 heavy (non-hydrogen) atoms. The molecule has 11 heteroatoms. The number of ketones is 1. The molecule has 0 bridgehead atoms. The Labute approximate surface area is 282 Å². The second-order valence-electron chi connectivity index (χ2n) is 16.0. The molecule has 5 aliphatic rings. The lowest BCUT2D eigenvalue weighted by atomic mass is 9.55. The number of thiophene rings is 1. The first-order valence-electron chi connectivity index (χ1n) is 18.0. The van der Waals surface area contributed by atoms with E-state index in [1.165, 1.54) is 5.56 Å². The highest BCUT2D eigenvalue weighted by Crippen LogP contribution is 2.57. The minimum Gasteiger partial charge on any atom is -0.363 e. The number of hydrogen-bond acceptors (Lipinski definition) is 6. The number of Topliss-reactive ketones (excluding diaryl/α,β-unsaturated/α-hetero) is 1. The molecular formula is C36H53N5O5S. The van der Waals surface area contributed by atoms with Crippen LogP contribution in [0.2, 0.25) is 0 Å². The fraction of sp³-hybridized carbons (Fsp3) is 0.750. The van der Waals surface area contributed by atoms with E-state index in [2.05, 4.69) is 46.6 Å². The molecule has 2 heterocycles. The number of urea groups is 1. The molecule has 1 aromatic heterocycles. The summed E-state index contributed by atoms with van der Waals surface area (Å²) in [7, 11) is 0. The van der Waals surface area contributed by atoms with Gasteiger partial charge < -0.3 is 26.6 Å². The van der Waals surface area contributed by atoms with E-state index in [0.717, 1.165) is 89.9 Å². The average molecular weight is 668 g/mol. The van der Waals surface area contributed by atoms with Crippen molar-refractivity contribution < 1.29 is 24.0 Å². The summed E-state index contributed by atoms with van der Waals surface area (Å²) in [5, 5.41) is 13.6. The van der Waals surface area contributed by atoms with Crippen molar-refractivity contribution in [3.8, 4) is 0 Å². The van der Waals surface area contributed by atoms with Gasteiger partial charge in [-0.1, -0.05) is 65.2 Å². The summed E-state index contributed by atoms with van der Waals surface area (Å²) in [6.07, 6.45) is 13.7. The Balaban J connectivity index is 1.23. The van der Waals surface area contributed by atoms with Crippen LogP contribution in [0.15, 0.2) is 16.8 Å². The molecule has 6 rings (SSSR count). The maximum atomic E-state index is 14.7. The van der Waals surface area contributed by atoms with Crippen molar-refractivity contribution in [2.45, 2.75) is 134 Å². The zero-order valence-electron chi connectivity index (χ0n) is 28.1. The van der Waals surface area contributed by atoms with Crippen LogP contribution in [0.25, 0.3) is 0 Å². The van der Waals surface area contributed by atoms with E-state index in [1.807, 2.05) is 0 Å². The minimum absolute atomic E-state index is 0.0183. The van der Waals surface area contributed by atoms with Crippen LogP contribution < -0.4 is 21.7 Å². The molecular weight excluding hydrogens is 614 g/mol. The van der Waals surface area contributed by atoms with Gasteiger partial charge in [0.05, 0.1) is 6.04 Å². The number of carbonyl (C=O) groups excluding carboxylic acids is 5. The van der Waals surface area contributed by atoms with Gasteiger partial charge in [-0.2, -0.15) is 11.3 Å². The number of fused-ring (bicyclic) bond motifs is 1. The van der Waals surface area contributed by atoms with Gasteiger partial charge in [0.2, 0.25) is 17.6 Å². The first-order chi connectivity index (χ1) is 22.5. The quantitative estimate of drug-likeness (QED) is 0.243. The molecule has 0 aromatic carbocycles. The number of nitrogens with zero attached hydrogens (tertiary/aromatic N) is 1. The topological polar surface area (TPSA) is 151 Å². The third-order valence-corrected chi connectivity index (χ3v) is 12.8. The summed E-state index contributed by atoms with van der Waals surface area (Å²) in [6.45, 7) is 4.77. The van der Waals surface area contributed by atoms with Gasteiger partial charge in [0.15, 0.2) is 0 Å². The van der Waals surface area contributed by atoms with Crippen LogP contribution in [0.3, 0.4) is 0 Å². The summed E-state index contributed by atoms with van der Waals surface area (Å²) in [4.78, 5) is 69.0. The molecule has 1 aliphatic heterocycles. The van der Waals surface area contributed by atoms with Gasteiger partial charge in [0.25, 0.3) is 5.91 Å². The number of rotatable bonds is 12. The summed E-state index contributed by atoms with van der Waals surface area (Å²) < 4.78 is 0. The van der Waals surface area contributed by atoms with Crippen LogP contribution in [0, 0.1) is 29.1 Å². The number of hydrogen-bond donors (Lipinski definition) is 4. The van der Waals surface area contributed by atoms with Crippen LogP contribution in [0.4, 0.5) is 4.79 Å². The second kappa shape index (κ2) is 13.9. The zero-order chi connectivity index (χ0) is 33.3. The predicted octanol–water partition coefficient (Wildman–Crippen LogP) is 4.45. The lowest BCUT2D eigenvalue weighted by molar-refractivity contribution is -0.144. The largest absolute Gasteiger partial charge is 0.363 e. The molecule has 1 unspecified atom stereocenters. The number of nitrogens with two attached hydrogens (primary N) is 1. The number of primary amides is 1. The van der Waals surface area contributed by atoms with E-state index in [0.29, 0.717) is 13.0 Å². The van der Waals surface area contributed by atoms with Crippen molar-refractivity contribution in [3.05, 3.63) is 22.4 Å². The van der Waals surface area contributed by atoms with Gasteiger partial charge in [-0.25, -0.2) is 4.79 Å². The highest BCUT2D eigenvalue weighted by atomic mass is 32.1. The highest BCUT2D eigenvalue weighted by Gasteiger charge is 2.61. The van der Waals surface area contributed by atoms with Crippen molar-refractivity contribution in [2.24, 2.45) is 34.8 Å². The van der Waals surface area contributed by atoms with E-state index < -0.39 is 35.7 Å². The Hall–Kier alpha value is -2.95. The Morgan fingerprint density at radius 3 is 2.30 bits per heavy atom. The van der Waals surface area contributed by atoms with Gasteiger partial charge in [0.1, 0.15) is 12.1 Å². The fourth-order valence-electron chi connectivity index (χ4n) is 9.31. The molecule has 0 radical (unpaired) electrons. The summed E-state index contributed by atoms with van der Waals surface area (Å²) in [6, 6.07) is -0.685. The number of likely N-dealkylation sites (tertiary alicyclic amines) is 1. The molecule has 258 valence electrons. The monoisotopic (exact) mass is 667 g/mol. The van der Waals surface area contributed by atoms with Crippen molar-refractivity contribution in [1.82, 2.24) is 20.9 Å². The maximum absolute atomic E-state index is 14.7. The van der Waals surface area contributed by atoms with Crippen molar-refractivity contribution in [1.29, 1.82) is 0 Å². The molecule has 1 aromatic rings. The summed E-state index contributed by atoms with van der Waals surface area (Å²) >= 11 is 1.66. The molecule has 1 saturated heterocycles. The van der Waals surface area contributed by atoms with E-state index in [9.17, 15) is 24.0 Å². The van der Waals surface area contributed by atoms with Crippen LogP contribution in [0.1, 0.15) is 109 Å². The zero-order valence-corrected chi connectivity index (χ0v) is 28.9. The second-order valence-corrected chi connectivity index (χ2v) is 16.8. The third kappa shape index (κ3) is 7.55. The molecule has 10 nitrogen and oxygen atoms in total. The van der Waals surface area contributed by atoms with Crippen molar-refractivity contribution in [2.75, 3.05) is 6.54 Å². The Morgan fingerprint density at radius 2 is 1.68 bits per heavy atom. The van der Waals surface area contributed by atoms with Crippen LogP contribution in [-0.2, 0) is 25.6 Å². The Morgan fingerprint density at radius 1 is 0.979 bits per heavy atom. The van der Waals surface area contributed by atoms with Crippen LogP contribution >= 0.6 is 11.3 Å². The first-order valence-corrected chi connectivity index (χ1v) is 18.9. The number of amides is 5. The van der Waals surface area contributed by atoms with E-state index >= 15 is 0 Å². The molecule has 5 atom stereocenters. The molecule has 5 N–H and O–H groups in total. The van der Waals surface area contributed by atoms with Gasteiger partial charge in [0, 0.05) is 12.1 Å². The highest BCUT2D eigenvalue weighted by molar-refractivity contribution is 7.07. The SMILES string of the molecule is CC1(C)C[C@@H]2[C@@H](C(=O)NC(CC3CC3)C(=O)C(N)=O)N(C(=O)[C@@H](NC(=O)NC3(Cc4ccsc4)CCCCC3)C3CCCCC3)C[C@@H]21. The van der Waals surface area contributed by atoms with Gasteiger partial charge >= 0.3 is 6.03 Å². The van der Waals surface area contributed by atoms with Crippen LogP contribution in [-0.4, -0.2) is 64.6 Å². The van der Waals surface area contributed by atoms with Gasteiger partial charge in [-0.05, 0) is 96.4 Å². The van der Waals surface area contributed by atoms with E-state index in [4.69, 9.17) is 5.73 Å². The van der Waals surface area contributed by atoms with Crippen molar-refractivity contribution in [3.63, 3.8) is 0 Å². The van der Waals surface area contributed by atoms with E-state index in [-0.39, 0.29) is 46.6 Å². The van der Waals surface area contributed by atoms with Crippen molar-refractivity contribution >= 4 is 40.9 Å².